The van der Waals surface area contributed by atoms with E-state index in [0.717, 1.165) is 23.1 Å². The van der Waals surface area contributed by atoms with Gasteiger partial charge in [-0.2, -0.15) is 0 Å². The molecule has 0 aromatic heterocycles. The number of rotatable bonds is 0. The second kappa shape index (κ2) is 2.41. The van der Waals surface area contributed by atoms with Crippen LogP contribution in [0.3, 0.4) is 0 Å². The summed E-state index contributed by atoms with van der Waals surface area (Å²) in [5.74, 6) is 0. The normalized spacial score (nSPS) is 14.3. The summed E-state index contributed by atoms with van der Waals surface area (Å²) in [5.41, 5.74) is 9.03. The van der Waals surface area contributed by atoms with Gasteiger partial charge in [0.15, 0.2) is 0 Å². The molecule has 1 heterocycles. The number of fused-ring (bicyclic) bond motifs is 1. The molecule has 0 atom stereocenters. The topological polar surface area (TPSA) is 38.0 Å². The van der Waals surface area contributed by atoms with Gasteiger partial charge in [-0.15, -0.1) is 0 Å². The average molecular weight is 213 g/mol. The van der Waals surface area contributed by atoms with Crippen molar-refractivity contribution in [2.75, 3.05) is 17.6 Å². The van der Waals surface area contributed by atoms with Gasteiger partial charge in [-0.1, -0.05) is 6.07 Å². The lowest BCUT2D eigenvalue weighted by Gasteiger charge is -2.04. The van der Waals surface area contributed by atoms with Gasteiger partial charge in [0.1, 0.15) is 0 Å². The minimum Gasteiger partial charge on any atom is -0.398 e. The largest absolute Gasteiger partial charge is 0.398 e. The quantitative estimate of drug-likeness (QED) is 0.647. The molecule has 0 unspecified atom stereocenters. The van der Waals surface area contributed by atoms with Crippen LogP contribution in [0.25, 0.3) is 0 Å². The van der Waals surface area contributed by atoms with Gasteiger partial charge in [0.05, 0.1) is 10.2 Å². The Hall–Kier alpha value is -0.700. The maximum Gasteiger partial charge on any atom is 0.0639 e. The zero-order valence-electron chi connectivity index (χ0n) is 6.02. The van der Waals surface area contributed by atoms with Crippen LogP contribution in [0.1, 0.15) is 5.56 Å². The third-order valence-corrected chi connectivity index (χ3v) is 2.81. The van der Waals surface area contributed by atoms with Gasteiger partial charge in [-0.05, 0) is 34.0 Å². The first-order chi connectivity index (χ1) is 5.29. The van der Waals surface area contributed by atoms with E-state index in [0.29, 0.717) is 0 Å². The maximum absolute atomic E-state index is 5.71. The van der Waals surface area contributed by atoms with Crippen LogP contribution < -0.4 is 11.1 Å². The minimum atomic E-state index is 0.804. The Morgan fingerprint density at radius 1 is 1.45 bits per heavy atom. The summed E-state index contributed by atoms with van der Waals surface area (Å²) in [6.45, 7) is 1.03. The molecule has 0 saturated carbocycles. The summed E-state index contributed by atoms with van der Waals surface area (Å²) in [5, 5.41) is 3.28. The van der Waals surface area contributed by atoms with Crippen LogP contribution in [0.5, 0.6) is 0 Å². The number of nitrogen functional groups attached to an aromatic ring is 1. The second-order valence-corrected chi connectivity index (χ2v) is 3.47. The number of halogens is 1. The fraction of sp³-hybridized carbons (Fsp3) is 0.250. The van der Waals surface area contributed by atoms with Crippen LogP contribution in [-0.4, -0.2) is 6.54 Å². The molecule has 1 aliphatic rings. The Bertz CT molecular complexity index is 296. The molecular weight excluding hydrogens is 204 g/mol. The highest BCUT2D eigenvalue weighted by Crippen LogP contribution is 2.34. The molecule has 0 bridgehead atoms. The monoisotopic (exact) mass is 212 g/mol. The number of hydrogen-bond donors (Lipinski definition) is 2. The lowest BCUT2D eigenvalue weighted by atomic mass is 10.1. The highest BCUT2D eigenvalue weighted by molar-refractivity contribution is 9.10. The van der Waals surface area contributed by atoms with E-state index in [1.165, 1.54) is 11.3 Å². The molecule has 1 aliphatic heterocycles. The summed E-state index contributed by atoms with van der Waals surface area (Å²) in [7, 11) is 0. The van der Waals surface area contributed by atoms with Gasteiger partial charge in [0.2, 0.25) is 0 Å². The molecule has 0 spiro atoms. The molecule has 3 heteroatoms. The van der Waals surface area contributed by atoms with Crippen LogP contribution in [-0.2, 0) is 6.42 Å². The fourth-order valence-electron chi connectivity index (χ4n) is 1.35. The number of benzene rings is 1. The minimum absolute atomic E-state index is 0.804. The Morgan fingerprint density at radius 3 is 3.09 bits per heavy atom. The molecule has 3 N–H and O–H groups in total. The van der Waals surface area contributed by atoms with E-state index >= 15 is 0 Å². The van der Waals surface area contributed by atoms with Crippen LogP contribution >= 0.6 is 15.9 Å². The van der Waals surface area contributed by atoms with E-state index in [1.807, 2.05) is 6.07 Å². The van der Waals surface area contributed by atoms with Crippen molar-refractivity contribution in [2.24, 2.45) is 0 Å². The summed E-state index contributed by atoms with van der Waals surface area (Å²) >= 11 is 3.44. The van der Waals surface area contributed by atoms with E-state index in [4.69, 9.17) is 5.73 Å². The Labute approximate surface area is 73.9 Å². The maximum atomic E-state index is 5.71. The molecule has 58 valence electrons. The molecule has 0 radical (unpaired) electrons. The standard InChI is InChI=1S/C8H9BrN2/c9-7-6(10)2-1-5-3-4-11-8(5)7/h1-2,11H,3-4,10H2. The van der Waals surface area contributed by atoms with Crippen molar-refractivity contribution in [1.29, 1.82) is 0 Å². The van der Waals surface area contributed by atoms with Gasteiger partial charge in [-0.3, -0.25) is 0 Å². The molecule has 0 saturated heterocycles. The number of anilines is 2. The van der Waals surface area contributed by atoms with E-state index in [-0.39, 0.29) is 0 Å². The van der Waals surface area contributed by atoms with Gasteiger partial charge in [0.25, 0.3) is 0 Å². The molecule has 11 heavy (non-hydrogen) atoms. The van der Waals surface area contributed by atoms with Crippen molar-refractivity contribution >= 4 is 27.3 Å². The van der Waals surface area contributed by atoms with Crippen LogP contribution in [0, 0.1) is 0 Å². The SMILES string of the molecule is Nc1ccc2c(c1Br)NCC2. The average Bonchev–Trinajstić information content (AvgIpc) is 2.45. The predicted octanol–water partition coefficient (Wildman–Crippen LogP) is 2.00. The smallest absolute Gasteiger partial charge is 0.0639 e. The molecule has 1 aromatic rings. The third-order valence-electron chi connectivity index (χ3n) is 1.95. The second-order valence-electron chi connectivity index (χ2n) is 2.68. The van der Waals surface area contributed by atoms with Crippen molar-refractivity contribution in [3.63, 3.8) is 0 Å². The molecule has 0 amide bonds. The van der Waals surface area contributed by atoms with Crippen molar-refractivity contribution < 1.29 is 0 Å². The zero-order valence-corrected chi connectivity index (χ0v) is 7.61. The predicted molar refractivity (Wildman–Crippen MR) is 50.7 cm³/mol. The number of hydrogen-bond acceptors (Lipinski definition) is 2. The molecule has 2 nitrogen and oxygen atoms in total. The Kier molecular flexibility index (Phi) is 1.53. The van der Waals surface area contributed by atoms with Gasteiger partial charge in [0, 0.05) is 12.2 Å². The summed E-state index contributed by atoms with van der Waals surface area (Å²) in [6, 6.07) is 4.02. The van der Waals surface area contributed by atoms with E-state index in [9.17, 15) is 0 Å². The van der Waals surface area contributed by atoms with Crippen molar-refractivity contribution in [3.05, 3.63) is 22.2 Å². The molecule has 1 aromatic carbocycles. The highest BCUT2D eigenvalue weighted by atomic mass is 79.9. The highest BCUT2D eigenvalue weighted by Gasteiger charge is 2.13. The first-order valence-corrected chi connectivity index (χ1v) is 4.39. The molecule has 0 fully saturated rings. The van der Waals surface area contributed by atoms with Crippen molar-refractivity contribution in [2.45, 2.75) is 6.42 Å². The lowest BCUT2D eigenvalue weighted by molar-refractivity contribution is 1.11. The summed E-state index contributed by atoms with van der Waals surface area (Å²) in [6.07, 6.45) is 1.11. The number of nitrogens with one attached hydrogen (secondary N) is 1. The van der Waals surface area contributed by atoms with Gasteiger partial charge >= 0.3 is 0 Å². The Balaban J connectivity index is 2.62. The van der Waals surface area contributed by atoms with Crippen LogP contribution in [0.2, 0.25) is 0 Å². The Morgan fingerprint density at radius 2 is 2.27 bits per heavy atom. The first kappa shape index (κ1) is 6.98. The van der Waals surface area contributed by atoms with E-state index < -0.39 is 0 Å². The van der Waals surface area contributed by atoms with Gasteiger partial charge < -0.3 is 11.1 Å². The van der Waals surface area contributed by atoms with E-state index in [2.05, 4.69) is 27.3 Å². The van der Waals surface area contributed by atoms with E-state index in [1.54, 1.807) is 0 Å². The zero-order chi connectivity index (χ0) is 7.84. The fourth-order valence-corrected chi connectivity index (χ4v) is 1.88. The van der Waals surface area contributed by atoms with Gasteiger partial charge in [-0.25, -0.2) is 0 Å². The van der Waals surface area contributed by atoms with Crippen molar-refractivity contribution in [3.8, 4) is 0 Å². The van der Waals surface area contributed by atoms with Crippen molar-refractivity contribution in [1.82, 2.24) is 0 Å². The lowest BCUT2D eigenvalue weighted by Crippen LogP contribution is -1.93. The molecule has 2 rings (SSSR count). The van der Waals surface area contributed by atoms with Crippen LogP contribution in [0.15, 0.2) is 16.6 Å². The first-order valence-electron chi connectivity index (χ1n) is 3.60. The summed E-state index contributed by atoms with van der Waals surface area (Å²) in [4.78, 5) is 0. The molecule has 0 aliphatic carbocycles. The third kappa shape index (κ3) is 0.997. The molecular formula is C8H9BrN2. The van der Waals surface area contributed by atoms with Crippen LogP contribution in [0.4, 0.5) is 11.4 Å². The summed E-state index contributed by atoms with van der Waals surface area (Å²) < 4.78 is 1.01. The number of nitrogens with two attached hydrogens (primary N) is 1.